The minimum atomic E-state index is 0.0914. The van der Waals surface area contributed by atoms with Crippen molar-refractivity contribution in [3.05, 3.63) is 35.7 Å². The van der Waals surface area contributed by atoms with E-state index in [-0.39, 0.29) is 5.91 Å². The minimum absolute atomic E-state index is 0.0914. The van der Waals surface area contributed by atoms with Gasteiger partial charge in [-0.2, -0.15) is 16.9 Å². The first-order valence-electron chi connectivity index (χ1n) is 7.89. The highest BCUT2D eigenvalue weighted by Crippen LogP contribution is 2.32. The molecule has 2 atom stereocenters. The van der Waals surface area contributed by atoms with Gasteiger partial charge in [-0.3, -0.25) is 9.89 Å². The van der Waals surface area contributed by atoms with Gasteiger partial charge in [0.05, 0.1) is 0 Å². The molecule has 0 spiro atoms. The third-order valence-corrected chi connectivity index (χ3v) is 5.68. The van der Waals surface area contributed by atoms with Crippen LogP contribution >= 0.6 is 11.8 Å². The predicted molar refractivity (Wildman–Crippen MR) is 93.6 cm³/mol. The summed E-state index contributed by atoms with van der Waals surface area (Å²) in [6.45, 7) is 1.87. The number of aromatic nitrogens is 3. The molecule has 0 bridgehead atoms. The molecule has 1 fully saturated rings. The van der Waals surface area contributed by atoms with Crippen LogP contribution in [0.5, 0.6) is 0 Å². The molecule has 1 aliphatic rings. The molecule has 122 valence electrons. The van der Waals surface area contributed by atoms with Crippen LogP contribution in [0.1, 0.15) is 35.4 Å². The first-order valence-corrected chi connectivity index (χ1v) is 9.18. The second kappa shape index (κ2) is 6.74. The van der Waals surface area contributed by atoms with Crippen molar-refractivity contribution in [3.8, 4) is 11.4 Å². The molecule has 1 amide bonds. The summed E-state index contributed by atoms with van der Waals surface area (Å²) in [5.74, 6) is 1.53. The lowest BCUT2D eigenvalue weighted by Gasteiger charge is -2.29. The topological polar surface area (TPSA) is 61.9 Å². The number of nitrogens with one attached hydrogen (secondary N) is 1. The molecule has 1 aliphatic carbocycles. The molecule has 6 heteroatoms. The Morgan fingerprint density at radius 1 is 1.30 bits per heavy atom. The normalized spacial score (nSPS) is 20.7. The van der Waals surface area contributed by atoms with Crippen LogP contribution in [-0.2, 0) is 0 Å². The van der Waals surface area contributed by atoms with Crippen LogP contribution < -0.4 is 0 Å². The molecule has 0 aliphatic heterocycles. The number of carbonyl (C=O) groups excluding carboxylic acids is 1. The van der Waals surface area contributed by atoms with Gasteiger partial charge in [-0.25, -0.2) is 4.98 Å². The Hall–Kier alpha value is -1.82. The zero-order valence-corrected chi connectivity index (χ0v) is 14.6. The molecular weight excluding hydrogens is 308 g/mol. The van der Waals surface area contributed by atoms with E-state index in [1.54, 1.807) is 0 Å². The van der Waals surface area contributed by atoms with Gasteiger partial charge in [0.1, 0.15) is 5.82 Å². The smallest absolute Gasteiger partial charge is 0.253 e. The van der Waals surface area contributed by atoms with Crippen LogP contribution in [0.25, 0.3) is 11.4 Å². The van der Waals surface area contributed by atoms with Gasteiger partial charge in [-0.15, -0.1) is 0 Å². The predicted octanol–water partition coefficient (Wildman–Crippen LogP) is 3.14. The van der Waals surface area contributed by atoms with Gasteiger partial charge < -0.3 is 4.90 Å². The Morgan fingerprint density at radius 3 is 2.65 bits per heavy atom. The molecular formula is C17H22N4OS. The number of H-pyrrole nitrogens is 1. The summed E-state index contributed by atoms with van der Waals surface area (Å²) in [4.78, 5) is 19.0. The maximum absolute atomic E-state index is 12.7. The summed E-state index contributed by atoms with van der Waals surface area (Å²) in [7, 11) is 1.92. The number of hydrogen-bond acceptors (Lipinski definition) is 4. The van der Waals surface area contributed by atoms with Gasteiger partial charge in [0.2, 0.25) is 0 Å². The van der Waals surface area contributed by atoms with Crippen LogP contribution in [0.3, 0.4) is 0 Å². The molecule has 1 saturated carbocycles. The molecule has 0 radical (unpaired) electrons. The second-order valence-corrected chi connectivity index (χ2v) is 7.09. The number of aryl methyl sites for hydroxylation is 1. The second-order valence-electron chi connectivity index (χ2n) is 6.01. The third-order valence-electron chi connectivity index (χ3n) is 4.53. The lowest BCUT2D eigenvalue weighted by atomic mass is 10.1. The van der Waals surface area contributed by atoms with Crippen molar-refractivity contribution in [2.45, 2.75) is 37.5 Å². The number of benzene rings is 1. The SMILES string of the molecule is CS[C@@H]1CCC[C@H]1N(C)C(=O)c1ccc(-c2n[nH]c(C)n2)cc1. The van der Waals surface area contributed by atoms with E-state index in [2.05, 4.69) is 21.4 Å². The summed E-state index contributed by atoms with van der Waals surface area (Å²) in [6, 6.07) is 7.88. The fourth-order valence-electron chi connectivity index (χ4n) is 3.21. The van der Waals surface area contributed by atoms with E-state index in [9.17, 15) is 4.79 Å². The molecule has 1 N–H and O–H groups in total. The van der Waals surface area contributed by atoms with Crippen molar-refractivity contribution in [2.24, 2.45) is 0 Å². The van der Waals surface area contributed by atoms with Crippen molar-refractivity contribution in [1.29, 1.82) is 0 Å². The Bertz CT molecular complexity index is 682. The van der Waals surface area contributed by atoms with E-state index in [0.717, 1.165) is 23.4 Å². The number of rotatable bonds is 4. The fraction of sp³-hybridized carbons (Fsp3) is 0.471. The summed E-state index contributed by atoms with van der Waals surface area (Å²) in [5, 5.41) is 7.53. The van der Waals surface area contributed by atoms with Gasteiger partial charge in [-0.1, -0.05) is 18.6 Å². The standard InChI is InChI=1S/C17H22N4OS/c1-11-18-16(20-19-11)12-7-9-13(10-8-12)17(22)21(2)14-5-4-6-15(14)23-3/h7-10,14-15H,4-6H2,1-3H3,(H,18,19,20)/t14-,15-/m1/s1. The van der Waals surface area contributed by atoms with Crippen LogP contribution in [0.2, 0.25) is 0 Å². The molecule has 0 unspecified atom stereocenters. The van der Waals surface area contributed by atoms with Crippen molar-refractivity contribution >= 4 is 17.7 Å². The monoisotopic (exact) mass is 330 g/mol. The van der Waals surface area contributed by atoms with E-state index < -0.39 is 0 Å². The van der Waals surface area contributed by atoms with Crippen molar-refractivity contribution in [2.75, 3.05) is 13.3 Å². The Kier molecular flexibility index (Phi) is 4.71. The molecule has 23 heavy (non-hydrogen) atoms. The summed E-state index contributed by atoms with van der Waals surface area (Å²) in [6.07, 6.45) is 5.64. The third kappa shape index (κ3) is 3.27. The first kappa shape index (κ1) is 16.1. The van der Waals surface area contributed by atoms with Crippen LogP contribution in [-0.4, -0.2) is 50.6 Å². The maximum Gasteiger partial charge on any atom is 0.253 e. The van der Waals surface area contributed by atoms with Gasteiger partial charge in [-0.05, 0) is 38.2 Å². The number of carbonyl (C=O) groups is 1. The average Bonchev–Trinajstić information content (AvgIpc) is 3.22. The zero-order valence-electron chi connectivity index (χ0n) is 13.7. The zero-order chi connectivity index (χ0) is 16.4. The first-order chi connectivity index (χ1) is 11.1. The summed E-state index contributed by atoms with van der Waals surface area (Å²) >= 11 is 1.87. The molecule has 5 nitrogen and oxygen atoms in total. The molecule has 1 aromatic heterocycles. The number of hydrogen-bond donors (Lipinski definition) is 1. The van der Waals surface area contributed by atoms with E-state index in [4.69, 9.17) is 0 Å². The lowest BCUT2D eigenvalue weighted by molar-refractivity contribution is 0.0738. The van der Waals surface area contributed by atoms with E-state index >= 15 is 0 Å². The highest BCUT2D eigenvalue weighted by Gasteiger charge is 2.32. The number of aromatic amines is 1. The molecule has 1 heterocycles. The Labute approximate surface area is 140 Å². The van der Waals surface area contributed by atoms with Gasteiger partial charge in [0, 0.05) is 29.5 Å². The van der Waals surface area contributed by atoms with Crippen molar-refractivity contribution in [3.63, 3.8) is 0 Å². The van der Waals surface area contributed by atoms with E-state index in [1.165, 1.54) is 12.8 Å². The Balaban J connectivity index is 1.75. The van der Waals surface area contributed by atoms with Crippen LogP contribution in [0.15, 0.2) is 24.3 Å². The number of thioether (sulfide) groups is 1. The molecule has 3 rings (SSSR count). The number of amides is 1. The summed E-state index contributed by atoms with van der Waals surface area (Å²) in [5.41, 5.74) is 1.63. The van der Waals surface area contributed by atoms with Gasteiger partial charge >= 0.3 is 0 Å². The molecule has 2 aromatic rings. The largest absolute Gasteiger partial charge is 0.338 e. The fourth-order valence-corrected chi connectivity index (χ4v) is 4.25. The highest BCUT2D eigenvalue weighted by molar-refractivity contribution is 7.99. The van der Waals surface area contributed by atoms with E-state index in [0.29, 0.717) is 17.1 Å². The van der Waals surface area contributed by atoms with Crippen LogP contribution in [0.4, 0.5) is 0 Å². The molecule has 1 aromatic carbocycles. The number of nitrogens with zero attached hydrogens (tertiary/aromatic N) is 3. The van der Waals surface area contributed by atoms with Gasteiger partial charge in [0.15, 0.2) is 5.82 Å². The Morgan fingerprint density at radius 2 is 2.04 bits per heavy atom. The summed E-state index contributed by atoms with van der Waals surface area (Å²) < 4.78 is 0. The highest BCUT2D eigenvalue weighted by atomic mass is 32.2. The van der Waals surface area contributed by atoms with Gasteiger partial charge in [0.25, 0.3) is 5.91 Å². The quantitative estimate of drug-likeness (QED) is 0.935. The van der Waals surface area contributed by atoms with Crippen molar-refractivity contribution < 1.29 is 4.79 Å². The lowest BCUT2D eigenvalue weighted by Crippen LogP contribution is -2.40. The van der Waals surface area contributed by atoms with Crippen LogP contribution in [0, 0.1) is 6.92 Å². The maximum atomic E-state index is 12.7. The average molecular weight is 330 g/mol. The van der Waals surface area contributed by atoms with E-state index in [1.807, 2.05) is 54.9 Å². The van der Waals surface area contributed by atoms with Crippen molar-refractivity contribution in [1.82, 2.24) is 20.1 Å². The molecule has 0 saturated heterocycles. The minimum Gasteiger partial charge on any atom is -0.338 e.